The summed E-state index contributed by atoms with van der Waals surface area (Å²) in [7, 11) is 1.39. The second-order valence-electron chi connectivity index (χ2n) is 6.04. The molecule has 0 unspecified atom stereocenters. The molecular weight excluding hydrogens is 332 g/mol. The summed E-state index contributed by atoms with van der Waals surface area (Å²) in [5, 5.41) is 4.46. The van der Waals surface area contributed by atoms with Crippen molar-refractivity contribution in [3.05, 3.63) is 70.3 Å². The van der Waals surface area contributed by atoms with Crippen molar-refractivity contribution in [2.24, 2.45) is 0 Å². The smallest absolute Gasteiger partial charge is 0.339 e. The van der Waals surface area contributed by atoms with Gasteiger partial charge in [-0.05, 0) is 31.9 Å². The van der Waals surface area contributed by atoms with E-state index < -0.39 is 24.0 Å². The fourth-order valence-electron chi connectivity index (χ4n) is 2.81. The van der Waals surface area contributed by atoms with E-state index in [9.17, 15) is 14.4 Å². The Kier molecular flexibility index (Phi) is 6.11. The van der Waals surface area contributed by atoms with Crippen LogP contribution in [0.3, 0.4) is 0 Å². The van der Waals surface area contributed by atoms with Crippen LogP contribution >= 0.6 is 0 Å². The highest BCUT2D eigenvalue weighted by Gasteiger charge is 2.28. The predicted molar refractivity (Wildman–Crippen MR) is 97.8 cm³/mol. The molecule has 26 heavy (non-hydrogen) atoms. The average Bonchev–Trinajstić information content (AvgIpc) is 2.59. The van der Waals surface area contributed by atoms with Gasteiger partial charge >= 0.3 is 12.0 Å². The molecule has 2 aromatic rings. The van der Waals surface area contributed by atoms with E-state index in [1.807, 2.05) is 32.9 Å². The first-order valence-corrected chi connectivity index (χ1v) is 8.19. The summed E-state index contributed by atoms with van der Waals surface area (Å²) < 4.78 is 5.50. The highest BCUT2D eigenvalue weighted by atomic mass is 16.5. The van der Waals surface area contributed by atoms with E-state index in [-0.39, 0.29) is 0 Å². The molecule has 6 nitrogen and oxygen atoms in total. The zero-order valence-corrected chi connectivity index (χ0v) is 15.3. The van der Waals surface area contributed by atoms with Crippen molar-refractivity contribution in [2.45, 2.75) is 26.9 Å². The maximum absolute atomic E-state index is 12.7. The van der Waals surface area contributed by atoms with Gasteiger partial charge < -0.3 is 10.1 Å². The summed E-state index contributed by atoms with van der Waals surface area (Å²) in [5.41, 5.74) is 3.47. The van der Waals surface area contributed by atoms with E-state index in [0.29, 0.717) is 11.1 Å². The van der Waals surface area contributed by atoms with Gasteiger partial charge in [-0.15, -0.1) is 0 Å². The van der Waals surface area contributed by atoms with Crippen LogP contribution in [0.5, 0.6) is 0 Å². The molecule has 2 aromatic carbocycles. The number of hydrogen-bond acceptors (Lipinski definition) is 4. The number of aryl methyl sites for hydroxylation is 3. The molecule has 1 atom stereocenters. The van der Waals surface area contributed by atoms with Crippen LogP contribution in [0.15, 0.2) is 42.5 Å². The first kappa shape index (κ1) is 19.2. The van der Waals surface area contributed by atoms with Crippen molar-refractivity contribution in [1.29, 1.82) is 0 Å². The summed E-state index contributed by atoms with van der Waals surface area (Å²) in [5.74, 6) is -1.33. The zero-order chi connectivity index (χ0) is 19.3. The number of carbonyl (C=O) groups excluding carboxylic acids is 3. The van der Waals surface area contributed by atoms with E-state index in [1.165, 1.54) is 7.05 Å². The lowest BCUT2D eigenvalue weighted by molar-refractivity contribution is -0.129. The number of carbonyl (C=O) groups is 3. The predicted octanol–water partition coefficient (Wildman–Crippen LogP) is 2.97. The van der Waals surface area contributed by atoms with E-state index in [4.69, 9.17) is 4.74 Å². The Labute approximate surface area is 152 Å². The van der Waals surface area contributed by atoms with Gasteiger partial charge in [-0.3, -0.25) is 10.1 Å². The van der Waals surface area contributed by atoms with E-state index in [2.05, 4.69) is 10.6 Å². The van der Waals surface area contributed by atoms with Gasteiger partial charge in [0.2, 0.25) is 6.10 Å². The molecule has 0 radical (unpaired) electrons. The minimum absolute atomic E-state index is 0.421. The fourth-order valence-corrected chi connectivity index (χ4v) is 2.81. The Morgan fingerprint density at radius 2 is 1.54 bits per heavy atom. The van der Waals surface area contributed by atoms with Crippen molar-refractivity contribution in [1.82, 2.24) is 10.6 Å². The van der Waals surface area contributed by atoms with E-state index in [1.54, 1.807) is 30.3 Å². The number of hydrogen-bond donors (Lipinski definition) is 2. The Bertz CT molecular complexity index is 808. The first-order valence-electron chi connectivity index (χ1n) is 8.19. The highest BCUT2D eigenvalue weighted by Crippen LogP contribution is 2.23. The maximum Gasteiger partial charge on any atom is 0.339 e. The van der Waals surface area contributed by atoms with Crippen molar-refractivity contribution < 1.29 is 19.1 Å². The highest BCUT2D eigenvalue weighted by molar-refractivity contribution is 5.99. The average molecular weight is 354 g/mol. The van der Waals surface area contributed by atoms with Crippen LogP contribution in [0.1, 0.15) is 38.7 Å². The molecule has 136 valence electrons. The van der Waals surface area contributed by atoms with Gasteiger partial charge in [-0.1, -0.05) is 48.0 Å². The second-order valence-corrected chi connectivity index (χ2v) is 6.04. The maximum atomic E-state index is 12.7. The summed E-state index contributed by atoms with van der Waals surface area (Å²) in [4.78, 5) is 36.7. The molecule has 3 amide bonds. The minimum Gasteiger partial charge on any atom is -0.444 e. The van der Waals surface area contributed by atoms with Gasteiger partial charge in [-0.25, -0.2) is 9.59 Å². The van der Waals surface area contributed by atoms with Crippen LogP contribution in [-0.2, 0) is 9.53 Å². The molecule has 2 rings (SSSR count). The summed E-state index contributed by atoms with van der Waals surface area (Å²) >= 11 is 0. The molecule has 6 heteroatoms. The normalized spacial score (nSPS) is 11.4. The fraction of sp³-hybridized carbons (Fsp3) is 0.250. The number of imide groups is 1. The largest absolute Gasteiger partial charge is 0.444 e. The lowest BCUT2D eigenvalue weighted by atomic mass is 10.00. The minimum atomic E-state index is -1.24. The second kappa shape index (κ2) is 8.29. The molecular formula is C20H22N2O4. The van der Waals surface area contributed by atoms with Gasteiger partial charge in [0, 0.05) is 12.6 Å². The van der Waals surface area contributed by atoms with Crippen molar-refractivity contribution >= 4 is 17.9 Å². The van der Waals surface area contributed by atoms with E-state index >= 15 is 0 Å². The molecule has 0 aromatic heterocycles. The van der Waals surface area contributed by atoms with Crippen LogP contribution < -0.4 is 10.6 Å². The molecule has 0 aliphatic heterocycles. The lowest BCUT2D eigenvalue weighted by Crippen LogP contribution is -2.41. The van der Waals surface area contributed by atoms with Gasteiger partial charge in [0.05, 0.1) is 5.56 Å². The molecule has 0 fully saturated rings. The summed E-state index contributed by atoms with van der Waals surface area (Å²) in [6, 6.07) is 11.7. The molecule has 0 saturated carbocycles. The van der Waals surface area contributed by atoms with E-state index in [0.717, 1.165) is 16.7 Å². The Morgan fingerprint density at radius 3 is 2.08 bits per heavy atom. The summed E-state index contributed by atoms with van der Waals surface area (Å²) in [6.07, 6.45) is -1.24. The molecule has 0 spiro atoms. The molecule has 0 bridgehead atoms. The van der Waals surface area contributed by atoms with Crippen LogP contribution in [0.4, 0.5) is 4.79 Å². The van der Waals surface area contributed by atoms with Crippen molar-refractivity contribution in [3.63, 3.8) is 0 Å². The number of urea groups is 1. The number of rotatable bonds is 4. The third kappa shape index (κ3) is 4.47. The van der Waals surface area contributed by atoms with Crippen LogP contribution in [0.2, 0.25) is 0 Å². The van der Waals surface area contributed by atoms with Crippen molar-refractivity contribution in [2.75, 3.05) is 7.05 Å². The first-order chi connectivity index (χ1) is 12.3. The Balaban J connectivity index is 2.34. The molecule has 0 aliphatic carbocycles. The van der Waals surface area contributed by atoms with Gasteiger partial charge in [-0.2, -0.15) is 0 Å². The van der Waals surface area contributed by atoms with Crippen molar-refractivity contribution in [3.8, 4) is 0 Å². The molecule has 2 N–H and O–H groups in total. The third-order valence-electron chi connectivity index (χ3n) is 3.91. The quantitative estimate of drug-likeness (QED) is 0.827. The van der Waals surface area contributed by atoms with Gasteiger partial charge in [0.1, 0.15) is 0 Å². The third-order valence-corrected chi connectivity index (χ3v) is 3.91. The Hall–Kier alpha value is -3.15. The van der Waals surface area contributed by atoms with Crippen LogP contribution in [0.25, 0.3) is 0 Å². The monoisotopic (exact) mass is 354 g/mol. The number of amides is 3. The lowest BCUT2D eigenvalue weighted by Gasteiger charge is -2.19. The molecule has 0 saturated heterocycles. The summed E-state index contributed by atoms with van der Waals surface area (Å²) in [6.45, 7) is 5.58. The molecule has 0 aliphatic rings. The SMILES string of the molecule is CNC(=O)NC(=O)[C@H](OC(=O)c1c(C)cc(C)cc1C)c1ccccc1. The number of ether oxygens (including phenoxy) is 1. The number of benzene rings is 2. The van der Waals surface area contributed by atoms with Crippen LogP contribution in [-0.4, -0.2) is 25.0 Å². The molecule has 0 heterocycles. The van der Waals surface area contributed by atoms with Gasteiger partial charge in [0.15, 0.2) is 0 Å². The topological polar surface area (TPSA) is 84.5 Å². The number of esters is 1. The number of nitrogens with one attached hydrogen (secondary N) is 2. The van der Waals surface area contributed by atoms with Crippen LogP contribution in [0, 0.1) is 20.8 Å². The Morgan fingerprint density at radius 1 is 0.962 bits per heavy atom. The van der Waals surface area contributed by atoms with Gasteiger partial charge in [0.25, 0.3) is 5.91 Å². The standard InChI is InChI=1S/C20H22N2O4/c1-12-10-13(2)16(14(3)11-12)19(24)26-17(15-8-6-5-7-9-15)18(23)22-20(25)21-4/h5-11,17H,1-4H3,(H2,21,22,23,25)/t17-/m1/s1. The zero-order valence-electron chi connectivity index (χ0n) is 15.3.